The molecule has 0 aliphatic heterocycles. The van der Waals surface area contributed by atoms with E-state index in [2.05, 4.69) is 28.7 Å². The number of nitrogens with zero attached hydrogens (tertiary/aromatic N) is 1. The molecule has 19 heavy (non-hydrogen) atoms. The average molecular weight is 364 g/mol. The van der Waals surface area contributed by atoms with Crippen molar-refractivity contribution in [3.05, 3.63) is 56.7 Å². The fourth-order valence-corrected chi connectivity index (χ4v) is 2.47. The van der Waals surface area contributed by atoms with E-state index in [9.17, 15) is 0 Å². The third-order valence-electron chi connectivity index (χ3n) is 2.71. The summed E-state index contributed by atoms with van der Waals surface area (Å²) in [5, 5.41) is 8.86. The van der Waals surface area contributed by atoms with Crippen LogP contribution in [-0.2, 0) is 6.61 Å². The average Bonchev–Trinajstić information content (AvgIpc) is 2.39. The maximum absolute atomic E-state index is 8.86. The highest BCUT2D eigenvalue weighted by molar-refractivity contribution is 14.1. The Morgan fingerprint density at radius 1 is 1.26 bits per heavy atom. The fraction of sp³-hybridized carbons (Fsp3) is 0.133. The second-order valence-electron chi connectivity index (χ2n) is 4.26. The third kappa shape index (κ3) is 3.38. The summed E-state index contributed by atoms with van der Waals surface area (Å²) in [7, 11) is 0. The molecule has 0 atom stereocenters. The highest BCUT2D eigenvalue weighted by Gasteiger charge is 2.08. The summed E-state index contributed by atoms with van der Waals surface area (Å²) in [6, 6.07) is 13.6. The Morgan fingerprint density at radius 3 is 2.53 bits per heavy atom. The molecule has 0 aliphatic rings. The molecule has 0 amide bonds. The van der Waals surface area contributed by atoms with Gasteiger partial charge in [0.2, 0.25) is 0 Å². The van der Waals surface area contributed by atoms with E-state index < -0.39 is 0 Å². The van der Waals surface area contributed by atoms with E-state index in [4.69, 9.17) is 15.7 Å². The zero-order valence-electron chi connectivity index (χ0n) is 10.5. The van der Waals surface area contributed by atoms with E-state index in [0.29, 0.717) is 23.6 Å². The van der Waals surface area contributed by atoms with Crippen LogP contribution in [0.15, 0.2) is 36.4 Å². The fourth-order valence-electron chi connectivity index (χ4n) is 1.67. The molecule has 3 nitrogen and oxygen atoms in total. The van der Waals surface area contributed by atoms with Gasteiger partial charge in [-0.15, -0.1) is 0 Å². The van der Waals surface area contributed by atoms with Crippen molar-refractivity contribution >= 4 is 28.3 Å². The van der Waals surface area contributed by atoms with Gasteiger partial charge >= 0.3 is 0 Å². The third-order valence-corrected chi connectivity index (χ3v) is 3.51. The Hall–Kier alpha value is -1.74. The monoisotopic (exact) mass is 364 g/mol. The van der Waals surface area contributed by atoms with Crippen molar-refractivity contribution in [2.75, 3.05) is 5.73 Å². The number of aryl methyl sites for hydroxylation is 1. The molecule has 0 saturated carbocycles. The van der Waals surface area contributed by atoms with Crippen LogP contribution in [0, 0.1) is 21.8 Å². The van der Waals surface area contributed by atoms with E-state index in [1.165, 1.54) is 5.56 Å². The predicted molar refractivity (Wildman–Crippen MR) is 83.8 cm³/mol. The van der Waals surface area contributed by atoms with Crippen LogP contribution in [0.2, 0.25) is 0 Å². The molecule has 0 bridgehead atoms. The number of hydrogen-bond donors (Lipinski definition) is 1. The minimum absolute atomic E-state index is 0.465. The quantitative estimate of drug-likeness (QED) is 0.668. The van der Waals surface area contributed by atoms with Gasteiger partial charge in [0.15, 0.2) is 5.75 Å². The van der Waals surface area contributed by atoms with Gasteiger partial charge in [0, 0.05) is 0 Å². The Kier molecular flexibility index (Phi) is 4.27. The maximum Gasteiger partial charge on any atom is 0.156 e. The Balaban J connectivity index is 2.16. The molecule has 0 aromatic heterocycles. The molecule has 2 N–H and O–H groups in total. The van der Waals surface area contributed by atoms with E-state index >= 15 is 0 Å². The van der Waals surface area contributed by atoms with Gasteiger partial charge in [-0.25, -0.2) is 0 Å². The zero-order chi connectivity index (χ0) is 13.8. The van der Waals surface area contributed by atoms with Crippen molar-refractivity contribution in [2.45, 2.75) is 13.5 Å². The Morgan fingerprint density at radius 2 is 1.95 bits per heavy atom. The number of anilines is 1. The van der Waals surface area contributed by atoms with Gasteiger partial charge in [-0.1, -0.05) is 29.8 Å². The van der Waals surface area contributed by atoms with Crippen LogP contribution in [0.4, 0.5) is 5.69 Å². The van der Waals surface area contributed by atoms with Gasteiger partial charge in [0.25, 0.3) is 0 Å². The van der Waals surface area contributed by atoms with Gasteiger partial charge in [-0.05, 0) is 47.2 Å². The molecule has 4 heteroatoms. The molecule has 0 aliphatic carbocycles. The van der Waals surface area contributed by atoms with Crippen LogP contribution in [0.1, 0.15) is 16.7 Å². The van der Waals surface area contributed by atoms with Gasteiger partial charge < -0.3 is 10.5 Å². The lowest BCUT2D eigenvalue weighted by atomic mass is 10.1. The molecular formula is C15H13IN2O. The molecule has 0 saturated heterocycles. The lowest BCUT2D eigenvalue weighted by Crippen LogP contribution is -2.01. The molecule has 2 rings (SSSR count). The van der Waals surface area contributed by atoms with E-state index in [1.807, 2.05) is 31.2 Å². The van der Waals surface area contributed by atoms with Crippen LogP contribution in [-0.4, -0.2) is 0 Å². The highest BCUT2D eigenvalue weighted by atomic mass is 127. The van der Waals surface area contributed by atoms with E-state index in [-0.39, 0.29) is 0 Å². The summed E-state index contributed by atoms with van der Waals surface area (Å²) >= 11 is 2.13. The molecule has 2 aromatic rings. The SMILES string of the molecule is Cc1ccc(COc2c(N)cc(C#N)cc2I)cc1. The number of benzene rings is 2. The number of halogens is 1. The first kappa shape index (κ1) is 13.7. The van der Waals surface area contributed by atoms with Gasteiger partial charge in [0.05, 0.1) is 20.9 Å². The number of nitrogen functional groups attached to an aromatic ring is 1. The number of hydrogen-bond acceptors (Lipinski definition) is 3. The Bertz CT molecular complexity index is 607. The van der Waals surface area contributed by atoms with Crippen molar-refractivity contribution < 1.29 is 4.74 Å². The highest BCUT2D eigenvalue weighted by Crippen LogP contribution is 2.30. The zero-order valence-corrected chi connectivity index (χ0v) is 12.6. The summed E-state index contributed by atoms with van der Waals surface area (Å²) in [5.41, 5.74) is 9.25. The second kappa shape index (κ2) is 5.93. The smallest absolute Gasteiger partial charge is 0.156 e. The van der Waals surface area contributed by atoms with Crippen molar-refractivity contribution in [3.63, 3.8) is 0 Å². The minimum Gasteiger partial charge on any atom is -0.486 e. The molecular weight excluding hydrogens is 351 g/mol. The van der Waals surface area contributed by atoms with Gasteiger partial charge in [-0.2, -0.15) is 5.26 Å². The summed E-state index contributed by atoms with van der Waals surface area (Å²) in [6.07, 6.45) is 0. The molecule has 2 aromatic carbocycles. The molecule has 0 heterocycles. The number of nitriles is 1. The molecule has 0 fully saturated rings. The van der Waals surface area contributed by atoms with Crippen LogP contribution < -0.4 is 10.5 Å². The van der Waals surface area contributed by atoms with Crippen molar-refractivity contribution in [1.82, 2.24) is 0 Å². The first-order valence-corrected chi connectivity index (χ1v) is 6.85. The summed E-state index contributed by atoms with van der Waals surface area (Å²) < 4.78 is 6.60. The number of ether oxygens (including phenoxy) is 1. The largest absolute Gasteiger partial charge is 0.486 e. The van der Waals surface area contributed by atoms with E-state index in [1.54, 1.807) is 12.1 Å². The maximum atomic E-state index is 8.86. The lowest BCUT2D eigenvalue weighted by Gasteiger charge is -2.11. The van der Waals surface area contributed by atoms with Crippen LogP contribution in [0.5, 0.6) is 5.75 Å². The number of rotatable bonds is 3. The second-order valence-corrected chi connectivity index (χ2v) is 5.42. The summed E-state index contributed by atoms with van der Waals surface area (Å²) in [5.74, 6) is 0.639. The molecule has 0 spiro atoms. The molecule has 96 valence electrons. The first-order chi connectivity index (χ1) is 9.10. The van der Waals surface area contributed by atoms with Crippen molar-refractivity contribution in [3.8, 4) is 11.8 Å². The topological polar surface area (TPSA) is 59.0 Å². The van der Waals surface area contributed by atoms with E-state index in [0.717, 1.165) is 9.13 Å². The van der Waals surface area contributed by atoms with Crippen LogP contribution >= 0.6 is 22.6 Å². The van der Waals surface area contributed by atoms with Gasteiger partial charge in [-0.3, -0.25) is 0 Å². The molecule has 0 radical (unpaired) electrons. The van der Waals surface area contributed by atoms with Crippen molar-refractivity contribution in [2.24, 2.45) is 0 Å². The number of nitrogens with two attached hydrogens (primary N) is 1. The van der Waals surface area contributed by atoms with Gasteiger partial charge in [0.1, 0.15) is 6.61 Å². The normalized spacial score (nSPS) is 9.95. The van der Waals surface area contributed by atoms with Crippen LogP contribution in [0.25, 0.3) is 0 Å². The van der Waals surface area contributed by atoms with Crippen molar-refractivity contribution in [1.29, 1.82) is 5.26 Å². The lowest BCUT2D eigenvalue weighted by molar-refractivity contribution is 0.306. The summed E-state index contributed by atoms with van der Waals surface area (Å²) in [4.78, 5) is 0. The first-order valence-electron chi connectivity index (χ1n) is 5.77. The summed E-state index contributed by atoms with van der Waals surface area (Å²) in [6.45, 7) is 2.51. The molecule has 0 unspecified atom stereocenters. The predicted octanol–water partition coefficient (Wildman–Crippen LogP) is 3.63. The standard InChI is InChI=1S/C15H13IN2O/c1-10-2-4-11(5-3-10)9-19-15-13(16)6-12(8-17)7-14(15)18/h2-7H,9,18H2,1H3. The minimum atomic E-state index is 0.465. The van der Waals surface area contributed by atoms with Crippen LogP contribution in [0.3, 0.4) is 0 Å². The Labute approximate surface area is 126 Å².